The molecular weight excluding hydrogens is 691 g/mol. The molecule has 1 aromatic carbocycles. The second kappa shape index (κ2) is 14.3. The summed E-state index contributed by atoms with van der Waals surface area (Å²) < 4.78 is 27.3. The van der Waals surface area contributed by atoms with Crippen LogP contribution in [0.15, 0.2) is 16.9 Å². The first kappa shape index (κ1) is 37.5. The molecule has 282 valence electrons. The van der Waals surface area contributed by atoms with Gasteiger partial charge in [-0.2, -0.15) is 0 Å². The van der Waals surface area contributed by atoms with Gasteiger partial charge in [0, 0.05) is 28.5 Å². The van der Waals surface area contributed by atoms with Crippen LogP contribution in [0, 0.1) is 30.5 Å². The number of aromatic nitrogens is 2. The second-order valence-electron chi connectivity index (χ2n) is 14.2. The zero-order valence-corrected chi connectivity index (χ0v) is 30.2. The van der Waals surface area contributed by atoms with E-state index in [-0.39, 0.29) is 49.9 Å². The number of fused-ring (bicyclic) bond motifs is 5. The summed E-state index contributed by atoms with van der Waals surface area (Å²) in [5, 5.41) is 19.9. The highest BCUT2D eigenvalue weighted by atomic mass is 19.1. The van der Waals surface area contributed by atoms with Crippen molar-refractivity contribution in [2.45, 2.75) is 78.7 Å². The number of pyridine rings is 2. The maximum absolute atomic E-state index is 15.2. The molecule has 53 heavy (non-hydrogen) atoms. The minimum atomic E-state index is -2.02. The van der Waals surface area contributed by atoms with Crippen LogP contribution >= 0.6 is 0 Å². The van der Waals surface area contributed by atoms with Crippen molar-refractivity contribution in [3.8, 4) is 11.4 Å². The fourth-order valence-electron chi connectivity index (χ4n) is 7.92. The number of hydrogen-bond acceptors (Lipinski definition) is 10. The second-order valence-corrected chi connectivity index (χ2v) is 14.2. The highest BCUT2D eigenvalue weighted by molar-refractivity contribution is 5.94. The number of carbonyl (C=O) groups is 5. The molecule has 0 saturated carbocycles. The van der Waals surface area contributed by atoms with Crippen LogP contribution in [0.25, 0.3) is 22.3 Å². The summed E-state index contributed by atoms with van der Waals surface area (Å²) in [5.41, 5.74) is 6.95. The molecule has 4 atom stereocenters. The number of carbonyl (C=O) groups excluding carboxylic acids is 5. The van der Waals surface area contributed by atoms with Gasteiger partial charge in [0.25, 0.3) is 5.56 Å². The van der Waals surface area contributed by atoms with Crippen LogP contribution in [-0.4, -0.2) is 64.1 Å². The van der Waals surface area contributed by atoms with Crippen LogP contribution in [0.3, 0.4) is 0 Å². The van der Waals surface area contributed by atoms with Gasteiger partial charge in [-0.15, -0.1) is 0 Å². The lowest BCUT2D eigenvalue weighted by atomic mass is 9.81. The number of esters is 1. The fourth-order valence-corrected chi connectivity index (χ4v) is 7.92. The van der Waals surface area contributed by atoms with Crippen molar-refractivity contribution in [3.05, 3.63) is 61.7 Å². The Labute approximate surface area is 303 Å². The number of rotatable bonds is 12. The average Bonchev–Trinajstić information content (AvgIpc) is 3.48. The number of aliphatic hydroxyl groups is 1. The summed E-state index contributed by atoms with van der Waals surface area (Å²) in [6, 6.07) is 2.34. The summed E-state index contributed by atoms with van der Waals surface area (Å²) >= 11 is 0. The van der Waals surface area contributed by atoms with Crippen molar-refractivity contribution in [2.75, 3.05) is 19.9 Å². The Hall–Kier alpha value is -5.22. The number of aryl methyl sites for hydroxylation is 1. The van der Waals surface area contributed by atoms with E-state index in [9.17, 15) is 33.9 Å². The van der Waals surface area contributed by atoms with Gasteiger partial charge in [0.05, 0.1) is 47.5 Å². The minimum Gasteiger partial charge on any atom is -0.458 e. The van der Waals surface area contributed by atoms with E-state index in [2.05, 4.69) is 16.0 Å². The molecule has 2 aliphatic heterocycles. The number of hydrogen-bond donors (Lipinski definition) is 5. The normalized spacial score (nSPS) is 19.5. The lowest BCUT2D eigenvalue weighted by Gasteiger charge is -2.31. The molecule has 0 bridgehead atoms. The standard InChI is InChI=1S/C37H43FN6O9/c1-6-37(51)22-9-26-32-20(12-44(26)35(49)21(22)13-53-36(37)50)31-24(8-7-19-17(4)23(38)10-25(43-32)30(19)31)42-28(46)14-52-15-41-27(45)11-40-34(48)18(5)29(16(2)3)33(39)47/h9-10,16,18,24,29,51H,6-8,11-15H2,1-5H3,(H2,39,47)(H,40,48)(H,41,45)(H,42,46)/t18-,24-,29?,37-/m0/s1. The number of nitrogens with two attached hydrogens (primary N) is 1. The Kier molecular flexibility index (Phi) is 10.1. The summed E-state index contributed by atoms with van der Waals surface area (Å²) in [5.74, 6) is -5.05. The topological polar surface area (TPSA) is 221 Å². The molecule has 1 unspecified atom stereocenters. The fraction of sp³-hybridized carbons (Fsp3) is 0.486. The molecule has 4 heterocycles. The van der Waals surface area contributed by atoms with Gasteiger partial charge < -0.3 is 40.8 Å². The van der Waals surface area contributed by atoms with E-state index < -0.39 is 71.1 Å². The van der Waals surface area contributed by atoms with Crippen molar-refractivity contribution in [1.29, 1.82) is 0 Å². The molecule has 1 aliphatic carbocycles. The quantitative estimate of drug-likeness (QED) is 0.0796. The molecular formula is C37H43FN6O9. The SMILES string of the molecule is CC[C@@]1(O)C(=O)OCc2c1cc1n(c2=O)Cc2c-1nc1cc(F)c(C)c3c1c2[C@@H](NC(=O)COCNC(=O)CNC(=O)[C@@H](C)C(C(N)=O)C(C)C)CC3. The van der Waals surface area contributed by atoms with E-state index in [4.69, 9.17) is 20.2 Å². The molecule has 6 N–H and O–H groups in total. The van der Waals surface area contributed by atoms with Crippen molar-refractivity contribution in [1.82, 2.24) is 25.5 Å². The predicted molar refractivity (Wildman–Crippen MR) is 187 cm³/mol. The van der Waals surface area contributed by atoms with Crippen LogP contribution < -0.4 is 27.2 Å². The maximum Gasteiger partial charge on any atom is 0.343 e. The molecule has 0 saturated heterocycles. The van der Waals surface area contributed by atoms with Gasteiger partial charge in [0.2, 0.25) is 23.6 Å². The van der Waals surface area contributed by atoms with Crippen LogP contribution in [0.4, 0.5) is 4.39 Å². The molecule has 3 aliphatic rings. The van der Waals surface area contributed by atoms with Crippen molar-refractivity contribution in [2.24, 2.45) is 23.5 Å². The number of ether oxygens (including phenoxy) is 2. The lowest BCUT2D eigenvalue weighted by Crippen LogP contribution is -2.44. The number of halogens is 1. The number of benzene rings is 1. The molecule has 4 amide bonds. The van der Waals surface area contributed by atoms with Crippen molar-refractivity contribution < 1.29 is 42.9 Å². The Balaban J connectivity index is 1.18. The van der Waals surface area contributed by atoms with Crippen molar-refractivity contribution >= 4 is 40.5 Å². The molecule has 3 aromatic rings. The van der Waals surface area contributed by atoms with Gasteiger partial charge in [-0.3, -0.25) is 24.0 Å². The van der Waals surface area contributed by atoms with E-state index >= 15 is 4.39 Å². The third-order valence-corrected chi connectivity index (χ3v) is 10.7. The average molecular weight is 735 g/mol. The van der Waals surface area contributed by atoms with Crippen LogP contribution in [0.5, 0.6) is 0 Å². The van der Waals surface area contributed by atoms with Crippen LogP contribution in [0.2, 0.25) is 0 Å². The minimum absolute atomic E-state index is 0.0221. The molecule has 6 rings (SSSR count). The van der Waals surface area contributed by atoms with Gasteiger partial charge >= 0.3 is 5.97 Å². The Morgan fingerprint density at radius 2 is 1.87 bits per heavy atom. The van der Waals surface area contributed by atoms with Gasteiger partial charge in [0.1, 0.15) is 25.8 Å². The predicted octanol–water partition coefficient (Wildman–Crippen LogP) is 1.23. The number of cyclic esters (lactones) is 1. The number of nitrogens with zero attached hydrogens (tertiary/aromatic N) is 2. The van der Waals surface area contributed by atoms with E-state index in [1.165, 1.54) is 10.6 Å². The molecule has 2 aromatic heterocycles. The highest BCUT2D eigenvalue weighted by Gasteiger charge is 2.46. The van der Waals surface area contributed by atoms with Gasteiger partial charge in [-0.1, -0.05) is 27.7 Å². The van der Waals surface area contributed by atoms with E-state index in [1.807, 2.05) is 0 Å². The first-order valence-electron chi connectivity index (χ1n) is 17.6. The number of primary amides is 1. The maximum atomic E-state index is 15.2. The first-order valence-corrected chi connectivity index (χ1v) is 17.6. The van der Waals surface area contributed by atoms with E-state index in [1.54, 1.807) is 40.7 Å². The third-order valence-electron chi connectivity index (χ3n) is 10.7. The number of nitrogens with one attached hydrogen (secondary N) is 3. The molecule has 0 fully saturated rings. The van der Waals surface area contributed by atoms with E-state index in [0.717, 1.165) is 5.56 Å². The lowest BCUT2D eigenvalue weighted by molar-refractivity contribution is -0.172. The Morgan fingerprint density at radius 3 is 2.55 bits per heavy atom. The third kappa shape index (κ3) is 6.54. The van der Waals surface area contributed by atoms with Gasteiger partial charge in [-0.25, -0.2) is 14.2 Å². The first-order chi connectivity index (χ1) is 25.1. The molecule has 15 nitrogen and oxygen atoms in total. The van der Waals surface area contributed by atoms with E-state index in [0.29, 0.717) is 51.8 Å². The van der Waals surface area contributed by atoms with Gasteiger partial charge in [0.15, 0.2) is 5.60 Å². The van der Waals surface area contributed by atoms with Crippen molar-refractivity contribution in [3.63, 3.8) is 0 Å². The highest BCUT2D eigenvalue weighted by Crippen LogP contribution is 2.46. The molecule has 0 spiro atoms. The van der Waals surface area contributed by atoms with Gasteiger partial charge in [-0.05, 0) is 54.9 Å². The zero-order chi connectivity index (χ0) is 38.5. The summed E-state index contributed by atoms with van der Waals surface area (Å²) in [4.78, 5) is 81.1. The Morgan fingerprint density at radius 1 is 1.13 bits per heavy atom. The largest absolute Gasteiger partial charge is 0.458 e. The smallest absolute Gasteiger partial charge is 0.343 e. The summed E-state index contributed by atoms with van der Waals surface area (Å²) in [6.07, 6.45) is 0.837. The van der Waals surface area contributed by atoms with Crippen LogP contribution in [0.1, 0.15) is 80.0 Å². The summed E-state index contributed by atoms with van der Waals surface area (Å²) in [6.45, 7) is 7.11. The molecule has 0 radical (unpaired) electrons. The molecule has 16 heteroatoms. The Bertz CT molecular complexity index is 2130. The van der Waals surface area contributed by atoms with Crippen LogP contribution in [-0.2, 0) is 58.6 Å². The monoisotopic (exact) mass is 734 g/mol. The number of amides is 4. The summed E-state index contributed by atoms with van der Waals surface area (Å²) in [7, 11) is 0. The zero-order valence-electron chi connectivity index (χ0n) is 30.2.